The Hall–Kier alpha value is -3.20. The maximum absolute atomic E-state index is 12.6. The van der Waals surface area contributed by atoms with Gasteiger partial charge in [-0.15, -0.1) is 0 Å². The number of nitriles is 1. The molecule has 1 amide bonds. The number of hydrogen-bond acceptors (Lipinski definition) is 6. The molecule has 0 atom stereocenters. The van der Waals surface area contributed by atoms with Crippen molar-refractivity contribution in [3.8, 4) is 6.07 Å². The van der Waals surface area contributed by atoms with Gasteiger partial charge in [0.25, 0.3) is 5.91 Å². The number of nitrogens with one attached hydrogen (secondary N) is 1. The fraction of sp³-hybridized carbons (Fsp3) is 0. The molecule has 0 unspecified atom stereocenters. The van der Waals surface area contributed by atoms with E-state index in [-0.39, 0.29) is 21.8 Å². The van der Waals surface area contributed by atoms with Gasteiger partial charge in [-0.1, -0.05) is 11.6 Å². The highest BCUT2D eigenvalue weighted by Crippen LogP contribution is 2.23. The van der Waals surface area contributed by atoms with Gasteiger partial charge < -0.3 is 0 Å². The molecule has 134 valence electrons. The molecular formula is C14H10ClN5O5S. The van der Waals surface area contributed by atoms with Crippen LogP contribution in [0.25, 0.3) is 0 Å². The Morgan fingerprint density at radius 2 is 1.88 bits per heavy atom. The van der Waals surface area contributed by atoms with Crippen LogP contribution in [0.15, 0.2) is 47.4 Å². The molecule has 0 aliphatic carbocycles. The molecule has 2 aromatic carbocycles. The third-order valence-electron chi connectivity index (χ3n) is 3.12. The molecular weight excluding hydrogens is 386 g/mol. The van der Waals surface area contributed by atoms with Crippen molar-refractivity contribution >= 4 is 33.2 Å². The predicted octanol–water partition coefficient (Wildman–Crippen LogP) is 1.20. The zero-order chi connectivity index (χ0) is 19.5. The number of sulfonamides is 1. The number of nitrogens with zero attached hydrogens (tertiary/aromatic N) is 3. The number of nitro groups is 1. The maximum Gasteiger partial charge on any atom is 0.281 e. The number of carbonyl (C=O) groups is 1. The largest absolute Gasteiger partial charge is 0.281 e. The first kappa shape index (κ1) is 19.1. The molecule has 0 saturated carbocycles. The monoisotopic (exact) mass is 395 g/mol. The molecule has 0 spiro atoms. The molecule has 0 aliphatic rings. The van der Waals surface area contributed by atoms with E-state index in [0.29, 0.717) is 5.01 Å². The number of halogens is 1. The summed E-state index contributed by atoms with van der Waals surface area (Å²) in [6.07, 6.45) is 0. The number of hydrazine groups is 2. The standard InChI is InChI=1S/C14H10ClN5O5S/c15-12-6-3-10(7-13(12)26(17,24)25)14(21)19(18-20(22)23)11-4-1-9(8-16)2-5-11/h1-7,18H,(H2,17,24,25). The van der Waals surface area contributed by atoms with Crippen molar-refractivity contribution in [2.24, 2.45) is 5.14 Å². The first-order valence-corrected chi connectivity index (χ1v) is 8.63. The highest BCUT2D eigenvalue weighted by atomic mass is 35.5. The van der Waals surface area contributed by atoms with Crippen molar-refractivity contribution in [1.29, 1.82) is 5.26 Å². The van der Waals surface area contributed by atoms with Gasteiger partial charge in [0.1, 0.15) is 4.90 Å². The number of amides is 1. The van der Waals surface area contributed by atoms with Gasteiger partial charge >= 0.3 is 0 Å². The van der Waals surface area contributed by atoms with Crippen LogP contribution in [0, 0.1) is 21.4 Å². The van der Waals surface area contributed by atoms with Crippen LogP contribution in [-0.2, 0) is 10.0 Å². The summed E-state index contributed by atoms with van der Waals surface area (Å²) in [6, 6.07) is 10.4. The van der Waals surface area contributed by atoms with E-state index < -0.39 is 25.9 Å². The lowest BCUT2D eigenvalue weighted by Gasteiger charge is -2.19. The number of rotatable bonds is 5. The van der Waals surface area contributed by atoms with E-state index in [2.05, 4.69) is 0 Å². The van der Waals surface area contributed by atoms with Crippen LogP contribution in [0.2, 0.25) is 5.02 Å². The highest BCUT2D eigenvalue weighted by molar-refractivity contribution is 7.89. The molecule has 2 aromatic rings. The molecule has 3 N–H and O–H groups in total. The Labute approximate surface area is 152 Å². The Kier molecular flexibility index (Phi) is 5.41. The molecule has 0 radical (unpaired) electrons. The van der Waals surface area contributed by atoms with Crippen molar-refractivity contribution in [3.63, 3.8) is 0 Å². The summed E-state index contributed by atoms with van der Waals surface area (Å²) in [7, 11) is -4.20. The summed E-state index contributed by atoms with van der Waals surface area (Å²) in [4.78, 5) is 23.0. The molecule has 0 bridgehead atoms. The number of carbonyl (C=O) groups excluding carboxylic acids is 1. The summed E-state index contributed by atoms with van der Waals surface area (Å²) in [5.41, 5.74) is 1.84. The Balaban J connectivity index is 2.50. The second kappa shape index (κ2) is 7.36. The third kappa shape index (κ3) is 4.25. The van der Waals surface area contributed by atoms with Crippen molar-refractivity contribution in [2.75, 3.05) is 5.01 Å². The fourth-order valence-electron chi connectivity index (χ4n) is 1.97. The van der Waals surface area contributed by atoms with Crippen LogP contribution < -0.4 is 15.7 Å². The summed E-state index contributed by atoms with van der Waals surface area (Å²) >= 11 is 5.76. The molecule has 0 heterocycles. The topological polar surface area (TPSA) is 159 Å². The normalized spacial score (nSPS) is 10.7. The predicted molar refractivity (Wildman–Crippen MR) is 90.9 cm³/mol. The number of primary sulfonamides is 1. The Morgan fingerprint density at radius 3 is 2.38 bits per heavy atom. The van der Waals surface area contributed by atoms with Gasteiger partial charge in [-0.25, -0.2) is 23.7 Å². The van der Waals surface area contributed by atoms with Crippen LogP contribution in [0.1, 0.15) is 15.9 Å². The quantitative estimate of drug-likeness (QED) is 0.568. The lowest BCUT2D eigenvalue weighted by atomic mass is 10.2. The van der Waals surface area contributed by atoms with E-state index in [9.17, 15) is 23.3 Å². The van der Waals surface area contributed by atoms with Gasteiger partial charge in [0, 0.05) is 5.56 Å². The van der Waals surface area contributed by atoms with Crippen molar-refractivity contribution in [1.82, 2.24) is 5.53 Å². The molecule has 26 heavy (non-hydrogen) atoms. The van der Waals surface area contributed by atoms with E-state index in [4.69, 9.17) is 22.0 Å². The third-order valence-corrected chi connectivity index (χ3v) is 4.52. The first-order valence-electron chi connectivity index (χ1n) is 6.71. The van der Waals surface area contributed by atoms with Gasteiger partial charge in [-0.3, -0.25) is 4.79 Å². The number of anilines is 1. The van der Waals surface area contributed by atoms with Crippen LogP contribution in [-0.4, -0.2) is 19.4 Å². The minimum absolute atomic E-state index is 0.0535. The molecule has 0 saturated heterocycles. The number of benzene rings is 2. The molecule has 0 aromatic heterocycles. The summed E-state index contributed by atoms with van der Waals surface area (Å²) < 4.78 is 23.1. The molecule has 0 aliphatic heterocycles. The van der Waals surface area contributed by atoms with E-state index in [1.165, 1.54) is 30.3 Å². The van der Waals surface area contributed by atoms with Gasteiger partial charge in [-0.05, 0) is 48.0 Å². The molecule has 2 rings (SSSR count). The Morgan fingerprint density at radius 1 is 1.27 bits per heavy atom. The summed E-state index contributed by atoms with van der Waals surface area (Å²) in [6.45, 7) is 0. The zero-order valence-corrected chi connectivity index (χ0v) is 14.4. The highest BCUT2D eigenvalue weighted by Gasteiger charge is 2.24. The summed E-state index contributed by atoms with van der Waals surface area (Å²) in [5, 5.41) is 24.1. The SMILES string of the molecule is N#Cc1ccc(N(N[N+](=O)[O-])C(=O)c2ccc(Cl)c(S(N)(=O)=O)c2)cc1. The van der Waals surface area contributed by atoms with Gasteiger partial charge in [0.05, 0.1) is 22.3 Å². The van der Waals surface area contributed by atoms with Crippen LogP contribution in [0.5, 0.6) is 0 Å². The minimum Gasteiger partial charge on any atom is -0.267 e. The van der Waals surface area contributed by atoms with Crippen molar-refractivity contribution < 1.29 is 18.2 Å². The van der Waals surface area contributed by atoms with Gasteiger partial charge in [0.15, 0.2) is 5.03 Å². The molecule has 12 heteroatoms. The maximum atomic E-state index is 12.6. The first-order chi connectivity index (χ1) is 12.1. The van der Waals surface area contributed by atoms with E-state index >= 15 is 0 Å². The second-order valence-corrected chi connectivity index (χ2v) is 6.78. The van der Waals surface area contributed by atoms with E-state index in [1.54, 1.807) is 5.53 Å². The Bertz CT molecular complexity index is 1020. The molecule has 10 nitrogen and oxygen atoms in total. The summed E-state index contributed by atoms with van der Waals surface area (Å²) in [5.74, 6) is -0.937. The number of nitrogens with two attached hydrogens (primary N) is 1. The average Bonchev–Trinajstić information content (AvgIpc) is 2.58. The van der Waals surface area contributed by atoms with E-state index in [0.717, 1.165) is 12.1 Å². The lowest BCUT2D eigenvalue weighted by Crippen LogP contribution is -2.46. The second-order valence-electron chi connectivity index (χ2n) is 4.85. The molecule has 0 fully saturated rings. The zero-order valence-electron chi connectivity index (χ0n) is 12.8. The van der Waals surface area contributed by atoms with Crippen LogP contribution in [0.3, 0.4) is 0 Å². The lowest BCUT2D eigenvalue weighted by molar-refractivity contribution is -0.544. The minimum atomic E-state index is -4.20. The van der Waals surface area contributed by atoms with Gasteiger partial charge in [-0.2, -0.15) is 10.3 Å². The fourth-order valence-corrected chi connectivity index (χ4v) is 3.04. The van der Waals surface area contributed by atoms with Crippen LogP contribution >= 0.6 is 11.6 Å². The van der Waals surface area contributed by atoms with E-state index in [1.807, 2.05) is 6.07 Å². The van der Waals surface area contributed by atoms with Crippen LogP contribution in [0.4, 0.5) is 5.69 Å². The number of hydrogen-bond donors (Lipinski definition) is 2. The smallest absolute Gasteiger partial charge is 0.267 e. The van der Waals surface area contributed by atoms with Crippen molar-refractivity contribution in [3.05, 3.63) is 68.7 Å². The average molecular weight is 396 g/mol. The van der Waals surface area contributed by atoms with Gasteiger partial charge in [0.2, 0.25) is 10.0 Å². The van der Waals surface area contributed by atoms with Crippen molar-refractivity contribution in [2.45, 2.75) is 4.90 Å².